The fourth-order valence-electron chi connectivity index (χ4n) is 2.04. The molecule has 0 aliphatic heterocycles. The van der Waals surface area contributed by atoms with Gasteiger partial charge in [-0.2, -0.15) is 9.78 Å². The van der Waals surface area contributed by atoms with Gasteiger partial charge in [0.15, 0.2) is 0 Å². The molecule has 2 aromatic rings. The number of non-ortho nitro benzene ring substituents is 1. The van der Waals surface area contributed by atoms with Crippen LogP contribution in [0, 0.1) is 22.0 Å². The molecule has 0 atom stereocenters. The number of nitro benzene ring substituents is 1. The normalized spacial score (nSPS) is 11.3. The number of aromatic nitrogens is 2. The van der Waals surface area contributed by atoms with Crippen molar-refractivity contribution in [1.29, 1.82) is 0 Å². The van der Waals surface area contributed by atoms with Crippen LogP contribution < -0.4 is 0 Å². The Balaban J connectivity index is 2.57. The van der Waals surface area contributed by atoms with Crippen LogP contribution in [0.4, 0.5) is 10.5 Å². The number of nitro groups is 1. The number of ether oxygens (including phenoxy) is 1. The van der Waals surface area contributed by atoms with Crippen LogP contribution in [0.15, 0.2) is 18.2 Å². The summed E-state index contributed by atoms with van der Waals surface area (Å²) in [6, 6.07) is 4.16. The Morgan fingerprint density at radius 1 is 1.40 bits per heavy atom. The van der Waals surface area contributed by atoms with Crippen LogP contribution in [0.25, 0.3) is 10.9 Å². The summed E-state index contributed by atoms with van der Waals surface area (Å²) < 4.78 is 6.42. The molecule has 8 nitrogen and oxygen atoms in total. The number of hydrogen-bond acceptors (Lipinski definition) is 6. The maximum Gasteiger partial charge on any atom is 0.435 e. The number of carbonyl (C=O) groups excluding carboxylic acids is 1. The Labute approximate surface area is 145 Å². The summed E-state index contributed by atoms with van der Waals surface area (Å²) in [5.74, 6) is 5.79. The van der Waals surface area contributed by atoms with Crippen LogP contribution in [0.2, 0.25) is 0 Å². The van der Waals surface area contributed by atoms with Crippen molar-refractivity contribution in [3.8, 4) is 11.8 Å². The van der Waals surface area contributed by atoms with E-state index >= 15 is 0 Å². The number of fused-ring (bicyclic) bond motifs is 1. The molecule has 0 unspecified atom stereocenters. The average Bonchev–Trinajstić information content (AvgIpc) is 2.83. The molecule has 0 N–H and O–H groups in total. The van der Waals surface area contributed by atoms with Crippen LogP contribution in [-0.4, -0.2) is 51.9 Å². The molecule has 1 aromatic heterocycles. The van der Waals surface area contributed by atoms with Gasteiger partial charge < -0.3 is 4.74 Å². The third-order valence-corrected chi connectivity index (χ3v) is 3.04. The highest BCUT2D eigenvalue weighted by Gasteiger charge is 2.23. The maximum atomic E-state index is 12.4. The third kappa shape index (κ3) is 4.55. The predicted molar refractivity (Wildman–Crippen MR) is 93.5 cm³/mol. The van der Waals surface area contributed by atoms with Crippen molar-refractivity contribution in [2.75, 3.05) is 20.6 Å². The molecule has 8 heteroatoms. The molecule has 1 aromatic carbocycles. The van der Waals surface area contributed by atoms with Crippen molar-refractivity contribution >= 4 is 22.7 Å². The topological polar surface area (TPSA) is 90.5 Å². The van der Waals surface area contributed by atoms with Crippen LogP contribution in [-0.2, 0) is 4.74 Å². The van der Waals surface area contributed by atoms with Gasteiger partial charge in [-0.25, -0.2) is 4.79 Å². The van der Waals surface area contributed by atoms with Crippen LogP contribution in [0.5, 0.6) is 0 Å². The summed E-state index contributed by atoms with van der Waals surface area (Å²) in [5.41, 5.74) is -0.0697. The standard InChI is InChI=1S/C17H20N4O4/c1-17(2,3)25-16(22)20-15-9-8-12(21(23)24)11-13(15)14(18-20)7-6-10-19(4)5/h8-9,11H,10H2,1-5H3. The molecule has 0 radical (unpaired) electrons. The summed E-state index contributed by atoms with van der Waals surface area (Å²) in [6.07, 6.45) is -0.660. The number of rotatable bonds is 2. The lowest BCUT2D eigenvalue weighted by atomic mass is 10.2. The monoisotopic (exact) mass is 344 g/mol. The number of nitrogens with zero attached hydrogens (tertiary/aromatic N) is 4. The van der Waals surface area contributed by atoms with Crippen molar-refractivity contribution in [3.05, 3.63) is 34.0 Å². The molecule has 25 heavy (non-hydrogen) atoms. The molecule has 2 rings (SSSR count). The van der Waals surface area contributed by atoms with Gasteiger partial charge in [0.2, 0.25) is 0 Å². The quantitative estimate of drug-likeness (QED) is 0.472. The average molecular weight is 344 g/mol. The first-order chi connectivity index (χ1) is 11.6. The minimum Gasteiger partial charge on any atom is -0.442 e. The largest absolute Gasteiger partial charge is 0.442 e. The minimum absolute atomic E-state index is 0.0908. The minimum atomic E-state index is -0.688. The van der Waals surface area contributed by atoms with Gasteiger partial charge in [0.1, 0.15) is 11.3 Å². The second kappa shape index (κ2) is 6.91. The molecule has 0 aliphatic carbocycles. The lowest BCUT2D eigenvalue weighted by molar-refractivity contribution is -0.384. The predicted octanol–water partition coefficient (Wildman–Crippen LogP) is 2.64. The van der Waals surface area contributed by atoms with E-state index in [1.807, 2.05) is 19.0 Å². The van der Waals surface area contributed by atoms with E-state index in [2.05, 4.69) is 16.9 Å². The zero-order valence-corrected chi connectivity index (χ0v) is 14.9. The Morgan fingerprint density at radius 3 is 2.64 bits per heavy atom. The summed E-state index contributed by atoms with van der Waals surface area (Å²) >= 11 is 0. The first kappa shape index (κ1) is 18.4. The van der Waals surface area contributed by atoms with E-state index in [1.165, 1.54) is 18.2 Å². The highest BCUT2D eigenvalue weighted by Crippen LogP contribution is 2.24. The Kier molecular flexibility index (Phi) is 5.09. The zero-order chi connectivity index (χ0) is 18.8. The van der Waals surface area contributed by atoms with Crippen molar-refractivity contribution in [3.63, 3.8) is 0 Å². The third-order valence-electron chi connectivity index (χ3n) is 3.04. The first-order valence-corrected chi connectivity index (χ1v) is 7.62. The lowest BCUT2D eigenvalue weighted by Crippen LogP contribution is -2.27. The van der Waals surface area contributed by atoms with E-state index in [0.717, 1.165) is 4.68 Å². The highest BCUT2D eigenvalue weighted by atomic mass is 16.6. The van der Waals surface area contributed by atoms with Crippen molar-refractivity contribution in [2.24, 2.45) is 0 Å². The SMILES string of the molecule is CN(C)CC#Cc1nn(C(=O)OC(C)(C)C)c2ccc([N+](=O)[O-])cc12. The number of hydrogen-bond donors (Lipinski definition) is 0. The summed E-state index contributed by atoms with van der Waals surface area (Å²) in [5, 5.41) is 15.7. The van der Waals surface area contributed by atoms with Gasteiger partial charge in [-0.3, -0.25) is 15.0 Å². The molecule has 0 aliphatic rings. The number of benzene rings is 1. The Bertz CT molecular complexity index is 882. The molecule has 132 valence electrons. The smallest absolute Gasteiger partial charge is 0.435 e. The first-order valence-electron chi connectivity index (χ1n) is 7.62. The summed E-state index contributed by atoms with van der Waals surface area (Å²) in [7, 11) is 3.74. The van der Waals surface area contributed by atoms with E-state index < -0.39 is 16.6 Å². The molecule has 0 spiro atoms. The van der Waals surface area contributed by atoms with E-state index in [1.54, 1.807) is 20.8 Å². The zero-order valence-electron chi connectivity index (χ0n) is 14.9. The van der Waals surface area contributed by atoms with Gasteiger partial charge in [0.05, 0.1) is 17.0 Å². The molecular formula is C17H20N4O4. The van der Waals surface area contributed by atoms with E-state index in [-0.39, 0.29) is 5.69 Å². The van der Waals surface area contributed by atoms with Gasteiger partial charge in [0.25, 0.3) is 5.69 Å². The van der Waals surface area contributed by atoms with Crippen LogP contribution in [0.3, 0.4) is 0 Å². The molecule has 1 heterocycles. The van der Waals surface area contributed by atoms with Gasteiger partial charge in [-0.1, -0.05) is 5.92 Å². The van der Waals surface area contributed by atoms with Crippen molar-refractivity contribution in [1.82, 2.24) is 14.7 Å². The Morgan fingerprint density at radius 2 is 2.08 bits per heavy atom. The molecule has 0 saturated heterocycles. The van der Waals surface area contributed by atoms with Crippen LogP contribution in [0.1, 0.15) is 26.5 Å². The second-order valence-electron chi connectivity index (χ2n) is 6.74. The summed E-state index contributed by atoms with van der Waals surface area (Å²) in [4.78, 5) is 24.8. The molecule has 0 bridgehead atoms. The van der Waals surface area contributed by atoms with Gasteiger partial charge in [0, 0.05) is 17.5 Å². The van der Waals surface area contributed by atoms with E-state index in [0.29, 0.717) is 23.1 Å². The summed E-state index contributed by atoms with van der Waals surface area (Å²) in [6.45, 7) is 5.74. The molecular weight excluding hydrogens is 324 g/mol. The Hall–Kier alpha value is -2.92. The van der Waals surface area contributed by atoms with E-state index in [9.17, 15) is 14.9 Å². The molecule has 0 amide bonds. The van der Waals surface area contributed by atoms with E-state index in [4.69, 9.17) is 4.74 Å². The lowest BCUT2D eigenvalue weighted by Gasteiger charge is -2.19. The van der Waals surface area contributed by atoms with Crippen molar-refractivity contribution < 1.29 is 14.5 Å². The second-order valence-corrected chi connectivity index (χ2v) is 6.74. The van der Waals surface area contributed by atoms with Gasteiger partial charge >= 0.3 is 6.09 Å². The molecule has 0 fully saturated rings. The number of carbonyl (C=O) groups is 1. The van der Waals surface area contributed by atoms with Gasteiger partial charge in [-0.05, 0) is 46.9 Å². The highest BCUT2D eigenvalue weighted by molar-refractivity contribution is 5.92. The fraction of sp³-hybridized carbons (Fsp3) is 0.412. The van der Waals surface area contributed by atoms with Gasteiger partial charge in [-0.15, -0.1) is 0 Å². The maximum absolute atomic E-state index is 12.4. The fourth-order valence-corrected chi connectivity index (χ4v) is 2.04. The molecule has 0 saturated carbocycles. The van der Waals surface area contributed by atoms with Crippen molar-refractivity contribution in [2.45, 2.75) is 26.4 Å². The van der Waals surface area contributed by atoms with Crippen LogP contribution >= 0.6 is 0 Å².